The number of hydrogen-bond donors (Lipinski definition) is 1. The third kappa shape index (κ3) is 6.81. The van der Waals surface area contributed by atoms with Gasteiger partial charge in [-0.15, -0.1) is 0 Å². The third-order valence-electron chi connectivity index (χ3n) is 8.85. The predicted molar refractivity (Wildman–Crippen MR) is 161 cm³/mol. The first kappa shape index (κ1) is 28.4. The lowest BCUT2D eigenvalue weighted by atomic mass is 9.71. The summed E-state index contributed by atoms with van der Waals surface area (Å²) in [5.74, 6) is 0.904. The lowest BCUT2D eigenvalue weighted by Gasteiger charge is -2.44. The topological polar surface area (TPSA) is 35.9 Å². The summed E-state index contributed by atoms with van der Waals surface area (Å²) in [4.78, 5) is 5.11. The van der Waals surface area contributed by atoms with E-state index < -0.39 is 5.60 Å². The van der Waals surface area contributed by atoms with Crippen LogP contribution in [0.25, 0.3) is 0 Å². The SMILES string of the molecule is COc1cccc(CN2CCCC(CCCN3CCC(O)(c4ccccc4)CC3)(c3ccc(Cl)c(Cl)c3)C2)c1. The van der Waals surface area contributed by atoms with E-state index in [-0.39, 0.29) is 5.41 Å². The number of likely N-dealkylation sites (tertiary alicyclic amines) is 2. The van der Waals surface area contributed by atoms with Gasteiger partial charge in [0.15, 0.2) is 0 Å². The highest BCUT2D eigenvalue weighted by Crippen LogP contribution is 2.41. The molecular formula is C33H40Cl2N2O2. The highest BCUT2D eigenvalue weighted by molar-refractivity contribution is 6.42. The van der Waals surface area contributed by atoms with Crippen LogP contribution in [-0.2, 0) is 17.6 Å². The molecule has 0 radical (unpaired) electrons. The molecule has 5 rings (SSSR count). The molecule has 4 nitrogen and oxygen atoms in total. The Morgan fingerprint density at radius 3 is 2.36 bits per heavy atom. The number of ether oxygens (including phenoxy) is 1. The van der Waals surface area contributed by atoms with E-state index in [1.165, 1.54) is 11.1 Å². The minimum Gasteiger partial charge on any atom is -0.497 e. The van der Waals surface area contributed by atoms with Crippen molar-refractivity contribution in [2.75, 3.05) is 39.8 Å². The van der Waals surface area contributed by atoms with Crippen LogP contribution in [-0.4, -0.2) is 54.7 Å². The fraction of sp³-hybridized carbons (Fsp3) is 0.455. The number of hydrogen-bond acceptors (Lipinski definition) is 4. The van der Waals surface area contributed by atoms with Crippen LogP contribution in [0.3, 0.4) is 0 Å². The van der Waals surface area contributed by atoms with E-state index in [1.807, 2.05) is 30.3 Å². The molecule has 3 aromatic rings. The van der Waals surface area contributed by atoms with E-state index in [4.69, 9.17) is 27.9 Å². The van der Waals surface area contributed by atoms with Gasteiger partial charge in [-0.1, -0.05) is 71.7 Å². The van der Waals surface area contributed by atoms with Crippen LogP contribution in [0.1, 0.15) is 55.2 Å². The standard InChI is InChI=1S/C33H40Cl2N2O2/c1-39-29-11-5-8-26(22-29)24-37-19-7-15-32(25-37,28-12-13-30(34)31(35)23-28)14-6-18-36-20-16-33(38,17-21-36)27-9-3-2-4-10-27/h2-5,8-13,22-23,38H,6-7,14-21,24-25H2,1H3. The molecule has 208 valence electrons. The monoisotopic (exact) mass is 566 g/mol. The lowest BCUT2D eigenvalue weighted by molar-refractivity contribution is -0.0266. The van der Waals surface area contributed by atoms with E-state index >= 15 is 0 Å². The molecule has 0 aliphatic carbocycles. The average molecular weight is 568 g/mol. The molecule has 0 saturated carbocycles. The van der Waals surface area contributed by atoms with E-state index in [2.05, 4.69) is 52.3 Å². The van der Waals surface area contributed by atoms with Crippen LogP contribution in [0, 0.1) is 0 Å². The molecule has 0 bridgehead atoms. The summed E-state index contributed by atoms with van der Waals surface area (Å²) in [5, 5.41) is 12.5. The van der Waals surface area contributed by atoms with Crippen LogP contribution in [0.5, 0.6) is 5.75 Å². The van der Waals surface area contributed by atoms with Crippen LogP contribution >= 0.6 is 23.2 Å². The molecule has 2 fully saturated rings. The Kier molecular flexibility index (Phi) is 9.20. The molecule has 0 spiro atoms. The fourth-order valence-corrected chi connectivity index (χ4v) is 6.92. The average Bonchev–Trinajstić information content (AvgIpc) is 2.96. The molecule has 1 N–H and O–H groups in total. The first-order valence-corrected chi connectivity index (χ1v) is 15.0. The molecule has 2 heterocycles. The van der Waals surface area contributed by atoms with Gasteiger partial charge in [0.2, 0.25) is 0 Å². The van der Waals surface area contributed by atoms with Crippen LogP contribution in [0.4, 0.5) is 0 Å². The van der Waals surface area contributed by atoms with Crippen molar-refractivity contribution in [1.82, 2.24) is 9.80 Å². The van der Waals surface area contributed by atoms with Gasteiger partial charge in [-0.05, 0) is 92.6 Å². The Hall–Kier alpha value is -2.08. The Labute approximate surface area is 243 Å². The third-order valence-corrected chi connectivity index (χ3v) is 9.59. The molecule has 0 amide bonds. The molecule has 0 aromatic heterocycles. The van der Waals surface area contributed by atoms with Gasteiger partial charge in [-0.25, -0.2) is 0 Å². The molecule has 6 heteroatoms. The molecule has 2 saturated heterocycles. The zero-order chi connectivity index (χ0) is 27.3. The molecule has 1 unspecified atom stereocenters. The van der Waals surface area contributed by atoms with Crippen molar-refractivity contribution in [3.63, 3.8) is 0 Å². The second-order valence-electron chi connectivity index (χ2n) is 11.4. The summed E-state index contributed by atoms with van der Waals surface area (Å²) in [6.07, 6.45) is 6.06. The van der Waals surface area contributed by atoms with Gasteiger partial charge in [0, 0.05) is 31.6 Å². The molecule has 2 aliphatic heterocycles. The number of piperidine rings is 2. The largest absolute Gasteiger partial charge is 0.497 e. The van der Waals surface area contributed by atoms with Crippen molar-refractivity contribution in [3.8, 4) is 5.75 Å². The Morgan fingerprint density at radius 1 is 0.821 bits per heavy atom. The maximum absolute atomic E-state index is 11.2. The smallest absolute Gasteiger partial charge is 0.119 e. The summed E-state index contributed by atoms with van der Waals surface area (Å²) in [6.45, 7) is 5.88. The summed E-state index contributed by atoms with van der Waals surface area (Å²) in [7, 11) is 1.72. The summed E-state index contributed by atoms with van der Waals surface area (Å²) in [5.41, 5.74) is 2.94. The second-order valence-corrected chi connectivity index (χ2v) is 12.2. The molecule has 1 atom stereocenters. The van der Waals surface area contributed by atoms with E-state index in [0.29, 0.717) is 10.0 Å². The second kappa shape index (κ2) is 12.6. The van der Waals surface area contributed by atoms with Gasteiger partial charge in [0.25, 0.3) is 0 Å². The Bertz CT molecular complexity index is 1230. The van der Waals surface area contributed by atoms with E-state index in [0.717, 1.165) is 89.1 Å². The minimum atomic E-state index is -0.705. The molecule has 2 aliphatic rings. The zero-order valence-electron chi connectivity index (χ0n) is 22.9. The van der Waals surface area contributed by atoms with E-state index in [1.54, 1.807) is 7.11 Å². The predicted octanol–water partition coefficient (Wildman–Crippen LogP) is 7.30. The first-order valence-electron chi connectivity index (χ1n) is 14.2. The Balaban J connectivity index is 1.26. The summed E-state index contributed by atoms with van der Waals surface area (Å²) >= 11 is 12.9. The van der Waals surface area contributed by atoms with Crippen molar-refractivity contribution in [3.05, 3.63) is 99.5 Å². The number of methoxy groups -OCH3 is 1. The van der Waals surface area contributed by atoms with E-state index in [9.17, 15) is 5.11 Å². The normalized spacial score (nSPS) is 22.1. The number of rotatable bonds is 9. The van der Waals surface area contributed by atoms with Gasteiger partial charge in [-0.2, -0.15) is 0 Å². The van der Waals surface area contributed by atoms with Crippen LogP contribution in [0.15, 0.2) is 72.8 Å². The molecule has 39 heavy (non-hydrogen) atoms. The fourth-order valence-electron chi connectivity index (χ4n) is 6.63. The Morgan fingerprint density at radius 2 is 1.62 bits per heavy atom. The molecule has 3 aromatic carbocycles. The van der Waals surface area contributed by atoms with Gasteiger partial charge < -0.3 is 14.7 Å². The number of nitrogens with zero attached hydrogens (tertiary/aromatic N) is 2. The number of benzene rings is 3. The number of aliphatic hydroxyl groups is 1. The van der Waals surface area contributed by atoms with Crippen molar-refractivity contribution in [2.24, 2.45) is 0 Å². The van der Waals surface area contributed by atoms with Crippen LogP contribution < -0.4 is 4.74 Å². The van der Waals surface area contributed by atoms with Crippen molar-refractivity contribution in [1.29, 1.82) is 0 Å². The maximum Gasteiger partial charge on any atom is 0.119 e. The summed E-state index contributed by atoms with van der Waals surface area (Å²) < 4.78 is 5.46. The van der Waals surface area contributed by atoms with Crippen molar-refractivity contribution >= 4 is 23.2 Å². The maximum atomic E-state index is 11.2. The quantitative estimate of drug-likeness (QED) is 0.294. The van der Waals surface area contributed by atoms with Gasteiger partial charge in [0.05, 0.1) is 22.8 Å². The minimum absolute atomic E-state index is 0.0336. The van der Waals surface area contributed by atoms with Gasteiger partial charge in [0.1, 0.15) is 5.75 Å². The highest BCUT2D eigenvalue weighted by atomic mass is 35.5. The highest BCUT2D eigenvalue weighted by Gasteiger charge is 2.38. The zero-order valence-corrected chi connectivity index (χ0v) is 24.4. The van der Waals surface area contributed by atoms with Gasteiger partial charge in [-0.3, -0.25) is 4.90 Å². The van der Waals surface area contributed by atoms with Crippen molar-refractivity contribution in [2.45, 2.75) is 56.1 Å². The lowest BCUT2D eigenvalue weighted by Crippen LogP contribution is -2.46. The van der Waals surface area contributed by atoms with Crippen molar-refractivity contribution < 1.29 is 9.84 Å². The van der Waals surface area contributed by atoms with Gasteiger partial charge >= 0.3 is 0 Å². The molecular weight excluding hydrogens is 527 g/mol. The first-order chi connectivity index (χ1) is 18.9. The van der Waals surface area contributed by atoms with Crippen LogP contribution in [0.2, 0.25) is 10.0 Å². The number of halogens is 2. The summed E-state index contributed by atoms with van der Waals surface area (Å²) in [6, 6.07) is 24.8.